The van der Waals surface area contributed by atoms with Gasteiger partial charge in [-0.25, -0.2) is 0 Å². The van der Waals surface area contributed by atoms with E-state index < -0.39 is 0 Å². The molecule has 2 fully saturated rings. The average Bonchev–Trinajstić information content (AvgIpc) is 2.96. The molecule has 1 aliphatic carbocycles. The summed E-state index contributed by atoms with van der Waals surface area (Å²) in [5.74, 6) is 0.929. The minimum atomic E-state index is 0.00745. The molecule has 2 rings (SSSR count). The Bertz CT molecular complexity index is 240. The molecule has 3 unspecified atom stereocenters. The number of hydrogen-bond donors (Lipinski definition) is 2. The molecule has 100 valence electrons. The highest BCUT2D eigenvalue weighted by Crippen LogP contribution is 2.35. The van der Waals surface area contributed by atoms with Gasteiger partial charge in [-0.15, -0.1) is 0 Å². The highest BCUT2D eigenvalue weighted by molar-refractivity contribution is 4.99. The molecule has 0 aromatic rings. The van der Waals surface area contributed by atoms with Gasteiger partial charge < -0.3 is 15.3 Å². The van der Waals surface area contributed by atoms with Crippen molar-refractivity contribution in [2.75, 3.05) is 26.7 Å². The standard InChI is InChI=1S/C14H28N2O/c1-3-4-12-6-8-16(10-12)13-5-7-14(9-13,11-17)15-2/h12-13,15,17H,3-11H2,1-2H3. The first-order valence-electron chi connectivity index (χ1n) is 7.27. The van der Waals surface area contributed by atoms with Crippen molar-refractivity contribution in [1.29, 1.82) is 0 Å². The van der Waals surface area contributed by atoms with Gasteiger partial charge in [-0.3, -0.25) is 0 Å². The summed E-state index contributed by atoms with van der Waals surface area (Å²) in [6, 6.07) is 0.705. The zero-order valence-electron chi connectivity index (χ0n) is 11.4. The quantitative estimate of drug-likeness (QED) is 0.766. The second-order valence-electron chi connectivity index (χ2n) is 6.02. The lowest BCUT2D eigenvalue weighted by Crippen LogP contribution is -2.45. The first kappa shape index (κ1) is 13.3. The normalized spacial score (nSPS) is 39.0. The number of nitrogens with one attached hydrogen (secondary N) is 1. The Morgan fingerprint density at radius 1 is 1.41 bits per heavy atom. The molecule has 17 heavy (non-hydrogen) atoms. The van der Waals surface area contributed by atoms with Crippen LogP contribution in [0.25, 0.3) is 0 Å². The van der Waals surface area contributed by atoms with Gasteiger partial charge in [0, 0.05) is 18.1 Å². The van der Waals surface area contributed by atoms with Crippen molar-refractivity contribution < 1.29 is 5.11 Å². The molecule has 0 aromatic carbocycles. The van der Waals surface area contributed by atoms with Crippen molar-refractivity contribution in [3.8, 4) is 0 Å². The number of likely N-dealkylation sites (tertiary alicyclic amines) is 1. The molecular weight excluding hydrogens is 212 g/mol. The van der Waals surface area contributed by atoms with E-state index in [2.05, 4.69) is 17.1 Å². The number of aliphatic hydroxyl groups is 1. The molecule has 0 spiro atoms. The van der Waals surface area contributed by atoms with Crippen LogP contribution in [0, 0.1) is 5.92 Å². The molecule has 0 bridgehead atoms. The minimum absolute atomic E-state index is 0.00745. The van der Waals surface area contributed by atoms with Crippen LogP contribution in [0.2, 0.25) is 0 Å². The van der Waals surface area contributed by atoms with E-state index in [4.69, 9.17) is 0 Å². The van der Waals surface area contributed by atoms with E-state index >= 15 is 0 Å². The minimum Gasteiger partial charge on any atom is -0.394 e. The second kappa shape index (κ2) is 5.68. The maximum absolute atomic E-state index is 9.53. The van der Waals surface area contributed by atoms with Gasteiger partial charge in [0.2, 0.25) is 0 Å². The molecule has 0 radical (unpaired) electrons. The number of hydrogen-bond acceptors (Lipinski definition) is 3. The van der Waals surface area contributed by atoms with E-state index in [0.29, 0.717) is 6.04 Å². The maximum Gasteiger partial charge on any atom is 0.0613 e. The third-order valence-electron chi connectivity index (χ3n) is 4.95. The monoisotopic (exact) mass is 240 g/mol. The van der Waals surface area contributed by atoms with E-state index in [0.717, 1.165) is 18.8 Å². The van der Waals surface area contributed by atoms with Crippen LogP contribution in [0.4, 0.5) is 0 Å². The van der Waals surface area contributed by atoms with Crippen molar-refractivity contribution in [3.63, 3.8) is 0 Å². The fourth-order valence-electron chi connectivity index (χ4n) is 3.70. The molecule has 0 amide bonds. The van der Waals surface area contributed by atoms with Gasteiger partial charge in [-0.2, -0.15) is 0 Å². The van der Waals surface area contributed by atoms with Crippen LogP contribution in [0.1, 0.15) is 45.4 Å². The average molecular weight is 240 g/mol. The lowest BCUT2D eigenvalue weighted by atomic mass is 9.99. The first-order valence-corrected chi connectivity index (χ1v) is 7.27. The zero-order valence-corrected chi connectivity index (χ0v) is 11.4. The first-order chi connectivity index (χ1) is 8.23. The summed E-state index contributed by atoms with van der Waals surface area (Å²) in [5.41, 5.74) is 0.00745. The Morgan fingerprint density at radius 2 is 2.24 bits per heavy atom. The molecule has 0 aromatic heterocycles. The predicted molar refractivity (Wildman–Crippen MR) is 71.1 cm³/mol. The lowest BCUT2D eigenvalue weighted by Gasteiger charge is -2.29. The summed E-state index contributed by atoms with van der Waals surface area (Å²) in [5, 5.41) is 12.9. The second-order valence-corrected chi connectivity index (χ2v) is 6.02. The number of aliphatic hydroxyl groups excluding tert-OH is 1. The third kappa shape index (κ3) is 2.83. The molecule has 3 atom stereocenters. The Balaban J connectivity index is 1.85. The number of likely N-dealkylation sites (N-methyl/N-ethyl adjacent to an activating group) is 1. The van der Waals surface area contributed by atoms with Crippen molar-refractivity contribution in [2.45, 2.75) is 57.0 Å². The Hall–Kier alpha value is -0.120. The fourth-order valence-corrected chi connectivity index (χ4v) is 3.70. The highest BCUT2D eigenvalue weighted by atomic mass is 16.3. The number of nitrogens with zero attached hydrogens (tertiary/aromatic N) is 1. The van der Waals surface area contributed by atoms with Crippen LogP contribution >= 0.6 is 0 Å². The smallest absolute Gasteiger partial charge is 0.0613 e. The van der Waals surface area contributed by atoms with E-state index in [1.54, 1.807) is 0 Å². The van der Waals surface area contributed by atoms with Gasteiger partial charge in [-0.05, 0) is 51.6 Å². The van der Waals surface area contributed by atoms with E-state index in [1.807, 2.05) is 7.05 Å². The molecular formula is C14H28N2O. The zero-order chi connectivity index (χ0) is 12.3. The number of rotatable bonds is 5. The molecule has 1 saturated heterocycles. The predicted octanol–water partition coefficient (Wildman–Crippen LogP) is 1.61. The van der Waals surface area contributed by atoms with E-state index in [-0.39, 0.29) is 12.1 Å². The van der Waals surface area contributed by atoms with Gasteiger partial charge in [0.05, 0.1) is 6.61 Å². The molecule has 2 aliphatic rings. The summed E-state index contributed by atoms with van der Waals surface area (Å²) in [7, 11) is 1.99. The fraction of sp³-hybridized carbons (Fsp3) is 1.00. The highest BCUT2D eigenvalue weighted by Gasteiger charge is 2.41. The lowest BCUT2D eigenvalue weighted by molar-refractivity contribution is 0.156. The van der Waals surface area contributed by atoms with Crippen LogP contribution in [-0.2, 0) is 0 Å². The topological polar surface area (TPSA) is 35.5 Å². The van der Waals surface area contributed by atoms with Crippen LogP contribution < -0.4 is 5.32 Å². The van der Waals surface area contributed by atoms with Crippen LogP contribution in [0.5, 0.6) is 0 Å². The van der Waals surface area contributed by atoms with E-state index in [9.17, 15) is 5.11 Å². The summed E-state index contributed by atoms with van der Waals surface area (Å²) in [6.45, 7) is 5.15. The SMILES string of the molecule is CCCC1CCN(C2CCC(CO)(NC)C2)C1. The van der Waals surface area contributed by atoms with Gasteiger partial charge in [0.25, 0.3) is 0 Å². The van der Waals surface area contributed by atoms with Gasteiger partial charge >= 0.3 is 0 Å². The molecule has 3 nitrogen and oxygen atoms in total. The van der Waals surface area contributed by atoms with E-state index in [1.165, 1.54) is 38.8 Å². The van der Waals surface area contributed by atoms with Crippen LogP contribution in [-0.4, -0.2) is 48.3 Å². The van der Waals surface area contributed by atoms with Crippen molar-refractivity contribution in [2.24, 2.45) is 5.92 Å². The van der Waals surface area contributed by atoms with Crippen LogP contribution in [0.3, 0.4) is 0 Å². The van der Waals surface area contributed by atoms with Gasteiger partial charge in [0.1, 0.15) is 0 Å². The summed E-state index contributed by atoms with van der Waals surface area (Å²) in [4.78, 5) is 2.68. The van der Waals surface area contributed by atoms with Gasteiger partial charge in [0.15, 0.2) is 0 Å². The van der Waals surface area contributed by atoms with Crippen molar-refractivity contribution in [1.82, 2.24) is 10.2 Å². The maximum atomic E-state index is 9.53. The van der Waals surface area contributed by atoms with Crippen LogP contribution in [0.15, 0.2) is 0 Å². The Kier molecular flexibility index (Phi) is 4.45. The Morgan fingerprint density at radius 3 is 2.82 bits per heavy atom. The largest absolute Gasteiger partial charge is 0.394 e. The summed E-state index contributed by atoms with van der Waals surface area (Å²) < 4.78 is 0. The Labute approximate surface area is 106 Å². The summed E-state index contributed by atoms with van der Waals surface area (Å²) >= 11 is 0. The third-order valence-corrected chi connectivity index (χ3v) is 4.95. The molecule has 1 saturated carbocycles. The van der Waals surface area contributed by atoms with Crippen molar-refractivity contribution >= 4 is 0 Å². The molecule has 2 N–H and O–H groups in total. The molecule has 3 heteroatoms. The molecule has 1 heterocycles. The van der Waals surface area contributed by atoms with Gasteiger partial charge in [-0.1, -0.05) is 13.3 Å². The molecule has 1 aliphatic heterocycles. The summed E-state index contributed by atoms with van der Waals surface area (Å²) in [6.07, 6.45) is 7.59. The van der Waals surface area contributed by atoms with Crippen molar-refractivity contribution in [3.05, 3.63) is 0 Å².